The Labute approximate surface area is 127 Å². The summed E-state index contributed by atoms with van der Waals surface area (Å²) in [5.41, 5.74) is 1.32. The molecule has 1 N–H and O–H groups in total. The molecule has 2 unspecified atom stereocenters. The molecule has 1 aromatic carbocycles. The van der Waals surface area contributed by atoms with Gasteiger partial charge in [-0.05, 0) is 37.4 Å². The van der Waals surface area contributed by atoms with Gasteiger partial charge in [-0.3, -0.25) is 0 Å². The van der Waals surface area contributed by atoms with Crippen LogP contribution in [0, 0.1) is 5.92 Å². The SMILES string of the molecule is O=S1(=O)CCC(CN2CCCNC(c3ccccc3)C2)C1. The molecule has 0 amide bonds. The van der Waals surface area contributed by atoms with Crippen LogP contribution in [0.2, 0.25) is 0 Å². The molecule has 2 aliphatic heterocycles. The normalized spacial score (nSPS) is 30.1. The van der Waals surface area contributed by atoms with Gasteiger partial charge in [-0.2, -0.15) is 0 Å². The minimum absolute atomic E-state index is 0.324. The molecule has 1 aromatic rings. The van der Waals surface area contributed by atoms with Crippen molar-refractivity contribution >= 4 is 9.84 Å². The first-order valence-electron chi connectivity index (χ1n) is 7.83. The summed E-state index contributed by atoms with van der Waals surface area (Å²) in [5.74, 6) is 1.09. The molecule has 3 rings (SSSR count). The predicted molar refractivity (Wildman–Crippen MR) is 85.0 cm³/mol. The van der Waals surface area contributed by atoms with Gasteiger partial charge >= 0.3 is 0 Å². The van der Waals surface area contributed by atoms with Crippen LogP contribution in [-0.4, -0.2) is 51.0 Å². The molecule has 0 saturated carbocycles. The van der Waals surface area contributed by atoms with Gasteiger partial charge in [0.1, 0.15) is 0 Å². The maximum atomic E-state index is 11.6. The van der Waals surface area contributed by atoms with E-state index < -0.39 is 9.84 Å². The molecule has 21 heavy (non-hydrogen) atoms. The predicted octanol–water partition coefficient (Wildman–Crippen LogP) is 1.46. The summed E-state index contributed by atoms with van der Waals surface area (Å²) in [6.45, 7) is 3.98. The maximum Gasteiger partial charge on any atom is 0.150 e. The van der Waals surface area contributed by atoms with E-state index in [1.165, 1.54) is 5.56 Å². The van der Waals surface area contributed by atoms with Crippen molar-refractivity contribution < 1.29 is 8.42 Å². The molecule has 0 bridgehead atoms. The zero-order chi connectivity index (χ0) is 14.7. The van der Waals surface area contributed by atoms with Gasteiger partial charge in [0, 0.05) is 19.1 Å². The highest BCUT2D eigenvalue weighted by Crippen LogP contribution is 2.22. The first kappa shape index (κ1) is 15.0. The fraction of sp³-hybridized carbons (Fsp3) is 0.625. The highest BCUT2D eigenvalue weighted by Gasteiger charge is 2.30. The molecule has 0 radical (unpaired) electrons. The minimum atomic E-state index is -2.76. The Morgan fingerprint density at radius 1 is 1.24 bits per heavy atom. The van der Waals surface area contributed by atoms with Crippen molar-refractivity contribution in [2.75, 3.05) is 37.7 Å². The Morgan fingerprint density at radius 3 is 2.76 bits per heavy atom. The Bertz CT molecular complexity index is 559. The monoisotopic (exact) mass is 308 g/mol. The van der Waals surface area contributed by atoms with Crippen LogP contribution in [-0.2, 0) is 9.84 Å². The Hall–Kier alpha value is -0.910. The van der Waals surface area contributed by atoms with Gasteiger partial charge in [0.2, 0.25) is 0 Å². The molecule has 0 aliphatic carbocycles. The summed E-state index contributed by atoms with van der Waals surface area (Å²) >= 11 is 0. The van der Waals surface area contributed by atoms with E-state index in [0.29, 0.717) is 23.5 Å². The average Bonchev–Trinajstić information content (AvgIpc) is 2.68. The number of nitrogens with one attached hydrogen (secondary N) is 1. The molecule has 5 heteroatoms. The van der Waals surface area contributed by atoms with Gasteiger partial charge < -0.3 is 10.2 Å². The van der Waals surface area contributed by atoms with Crippen LogP contribution in [0.1, 0.15) is 24.4 Å². The van der Waals surface area contributed by atoms with E-state index in [1.807, 2.05) is 6.07 Å². The molecule has 2 heterocycles. The lowest BCUT2D eigenvalue weighted by Gasteiger charge is -2.26. The van der Waals surface area contributed by atoms with Crippen molar-refractivity contribution in [3.8, 4) is 0 Å². The second-order valence-electron chi connectivity index (χ2n) is 6.30. The number of nitrogens with zero attached hydrogens (tertiary/aromatic N) is 1. The van der Waals surface area contributed by atoms with E-state index in [9.17, 15) is 8.42 Å². The molecule has 116 valence electrons. The summed E-state index contributed by atoms with van der Waals surface area (Å²) < 4.78 is 23.2. The summed E-state index contributed by atoms with van der Waals surface area (Å²) in [5, 5.41) is 3.61. The van der Waals surface area contributed by atoms with Crippen LogP contribution in [0.25, 0.3) is 0 Å². The minimum Gasteiger partial charge on any atom is -0.309 e. The lowest BCUT2D eigenvalue weighted by Crippen LogP contribution is -2.35. The second kappa shape index (κ2) is 6.46. The summed E-state index contributed by atoms with van der Waals surface area (Å²) in [7, 11) is -2.76. The Morgan fingerprint density at radius 2 is 2.05 bits per heavy atom. The smallest absolute Gasteiger partial charge is 0.150 e. The molecule has 2 saturated heterocycles. The summed E-state index contributed by atoms with van der Waals surface area (Å²) in [6.07, 6.45) is 1.96. The van der Waals surface area contributed by atoms with Gasteiger partial charge in [0.05, 0.1) is 11.5 Å². The third-order valence-corrected chi connectivity index (χ3v) is 6.36. The van der Waals surface area contributed by atoms with Crippen LogP contribution < -0.4 is 5.32 Å². The lowest BCUT2D eigenvalue weighted by atomic mass is 10.1. The van der Waals surface area contributed by atoms with Gasteiger partial charge in [0.15, 0.2) is 9.84 Å². The highest BCUT2D eigenvalue weighted by molar-refractivity contribution is 7.91. The second-order valence-corrected chi connectivity index (χ2v) is 8.53. The number of benzene rings is 1. The van der Waals surface area contributed by atoms with Crippen molar-refractivity contribution in [3.63, 3.8) is 0 Å². The third-order valence-electron chi connectivity index (χ3n) is 4.53. The van der Waals surface area contributed by atoms with Gasteiger partial charge in [-0.25, -0.2) is 8.42 Å². The zero-order valence-corrected chi connectivity index (χ0v) is 13.2. The van der Waals surface area contributed by atoms with Crippen molar-refractivity contribution in [2.24, 2.45) is 5.92 Å². The van der Waals surface area contributed by atoms with Gasteiger partial charge in [-0.1, -0.05) is 30.3 Å². The quantitative estimate of drug-likeness (QED) is 0.918. The number of rotatable bonds is 3. The van der Waals surface area contributed by atoms with Crippen molar-refractivity contribution in [2.45, 2.75) is 18.9 Å². The average molecular weight is 308 g/mol. The van der Waals surface area contributed by atoms with E-state index in [0.717, 1.165) is 39.0 Å². The number of sulfone groups is 1. The van der Waals surface area contributed by atoms with Gasteiger partial charge in [0.25, 0.3) is 0 Å². The topological polar surface area (TPSA) is 49.4 Å². The van der Waals surface area contributed by atoms with Crippen molar-refractivity contribution in [1.82, 2.24) is 10.2 Å². The molecule has 2 aliphatic rings. The lowest BCUT2D eigenvalue weighted by molar-refractivity contribution is 0.235. The first-order chi connectivity index (χ1) is 10.1. The zero-order valence-electron chi connectivity index (χ0n) is 12.4. The molecule has 2 fully saturated rings. The van der Waals surface area contributed by atoms with E-state index in [2.05, 4.69) is 34.5 Å². The van der Waals surface area contributed by atoms with E-state index >= 15 is 0 Å². The van der Waals surface area contributed by atoms with Crippen molar-refractivity contribution in [1.29, 1.82) is 0 Å². The molecule has 2 atom stereocenters. The van der Waals surface area contributed by atoms with Crippen LogP contribution >= 0.6 is 0 Å². The summed E-state index contributed by atoms with van der Waals surface area (Å²) in [4.78, 5) is 2.45. The Balaban J connectivity index is 1.63. The van der Waals surface area contributed by atoms with E-state index in [4.69, 9.17) is 0 Å². The molecule has 0 aromatic heterocycles. The van der Waals surface area contributed by atoms with Gasteiger partial charge in [-0.15, -0.1) is 0 Å². The Kier molecular flexibility index (Phi) is 4.62. The maximum absolute atomic E-state index is 11.6. The fourth-order valence-electron chi connectivity index (χ4n) is 3.45. The van der Waals surface area contributed by atoms with Crippen LogP contribution in [0.4, 0.5) is 0 Å². The van der Waals surface area contributed by atoms with Crippen LogP contribution in [0.5, 0.6) is 0 Å². The molecular formula is C16H24N2O2S. The molecule has 4 nitrogen and oxygen atoms in total. The van der Waals surface area contributed by atoms with E-state index in [-0.39, 0.29) is 0 Å². The van der Waals surface area contributed by atoms with E-state index in [1.54, 1.807) is 0 Å². The van der Waals surface area contributed by atoms with Crippen molar-refractivity contribution in [3.05, 3.63) is 35.9 Å². The summed E-state index contributed by atoms with van der Waals surface area (Å²) in [6, 6.07) is 10.9. The number of hydrogen-bond acceptors (Lipinski definition) is 4. The highest BCUT2D eigenvalue weighted by atomic mass is 32.2. The van der Waals surface area contributed by atoms with Crippen LogP contribution in [0.15, 0.2) is 30.3 Å². The third kappa shape index (κ3) is 4.05. The molecule has 0 spiro atoms. The first-order valence-corrected chi connectivity index (χ1v) is 9.66. The number of hydrogen-bond donors (Lipinski definition) is 1. The fourth-order valence-corrected chi connectivity index (χ4v) is 5.30. The molecular weight excluding hydrogens is 284 g/mol. The standard InChI is InChI=1S/C16H24N2O2S/c19-21(20)10-7-14(13-21)11-18-9-4-8-17-16(12-18)15-5-2-1-3-6-15/h1-3,5-6,14,16-17H,4,7-13H2. The largest absolute Gasteiger partial charge is 0.309 e. The van der Waals surface area contributed by atoms with Crippen LogP contribution in [0.3, 0.4) is 0 Å².